The molecule has 268 valence electrons. The van der Waals surface area contributed by atoms with Crippen molar-refractivity contribution in [1.29, 1.82) is 0 Å². The lowest BCUT2D eigenvalue weighted by molar-refractivity contribution is -0.119. The Bertz CT molecular complexity index is 612. The molecule has 5 heteroatoms. The fourth-order valence-corrected chi connectivity index (χ4v) is 6.85. The van der Waals surface area contributed by atoms with E-state index in [0.29, 0.717) is 19.4 Å². The Hall–Kier alpha value is -1.10. The fourth-order valence-electron chi connectivity index (χ4n) is 6.85. The molecule has 0 aliphatic heterocycles. The van der Waals surface area contributed by atoms with Crippen molar-refractivity contribution in [2.24, 2.45) is 17.4 Å². The van der Waals surface area contributed by atoms with E-state index in [9.17, 15) is 14.7 Å². The van der Waals surface area contributed by atoms with Gasteiger partial charge in [0.2, 0.25) is 11.8 Å². The molecule has 45 heavy (non-hydrogen) atoms. The molecule has 0 aliphatic rings. The van der Waals surface area contributed by atoms with Crippen LogP contribution in [-0.2, 0) is 9.59 Å². The van der Waals surface area contributed by atoms with Gasteiger partial charge in [0, 0.05) is 19.4 Å². The second-order valence-corrected chi connectivity index (χ2v) is 14.3. The second-order valence-electron chi connectivity index (χ2n) is 14.3. The van der Waals surface area contributed by atoms with Crippen LogP contribution in [0.3, 0.4) is 0 Å². The lowest BCUT2D eigenvalue weighted by atomic mass is 9.91. The minimum atomic E-state index is -0.160. The standard InChI is InChI=1S/C40H80N2O3/c41-39(44)34-30-26-22-18-14-10-6-2-1-4-8-12-16-20-24-28-32-38(36-37-43)33-29-25-21-17-13-9-5-3-7-11-15-19-23-27-31-35-40(42)45/h38,43H,1-37H2,(H2,41,44)(H2,42,45). The highest BCUT2D eigenvalue weighted by Gasteiger charge is 2.08. The molecule has 5 nitrogen and oxygen atoms in total. The normalized spacial score (nSPS) is 12.1. The highest BCUT2D eigenvalue weighted by Crippen LogP contribution is 2.22. The van der Waals surface area contributed by atoms with Crippen molar-refractivity contribution in [1.82, 2.24) is 0 Å². The summed E-state index contributed by atoms with van der Waals surface area (Å²) in [5, 5.41) is 9.52. The Balaban J connectivity index is 3.36. The molecule has 0 aliphatic carbocycles. The van der Waals surface area contributed by atoms with Crippen LogP contribution in [-0.4, -0.2) is 23.5 Å². The van der Waals surface area contributed by atoms with Crippen LogP contribution in [0.15, 0.2) is 0 Å². The topological polar surface area (TPSA) is 106 Å². The van der Waals surface area contributed by atoms with Crippen molar-refractivity contribution in [2.45, 2.75) is 231 Å². The van der Waals surface area contributed by atoms with Gasteiger partial charge in [-0.3, -0.25) is 9.59 Å². The number of nitrogens with two attached hydrogens (primary N) is 2. The number of unbranched alkanes of at least 4 members (excludes halogenated alkanes) is 29. The molecule has 0 spiro atoms. The molecule has 5 N–H and O–H groups in total. The molecule has 0 rings (SSSR count). The summed E-state index contributed by atoms with van der Waals surface area (Å²) in [6, 6.07) is 0. The molecule has 0 saturated heterocycles. The van der Waals surface area contributed by atoms with E-state index in [-0.39, 0.29) is 11.8 Å². The molecular weight excluding hydrogens is 556 g/mol. The van der Waals surface area contributed by atoms with Gasteiger partial charge in [-0.1, -0.05) is 199 Å². The van der Waals surface area contributed by atoms with Gasteiger partial charge >= 0.3 is 0 Å². The molecule has 0 fully saturated rings. The Morgan fingerprint density at radius 2 is 0.533 bits per heavy atom. The number of amides is 2. The third-order valence-corrected chi connectivity index (χ3v) is 9.86. The van der Waals surface area contributed by atoms with Crippen LogP contribution in [0, 0.1) is 5.92 Å². The van der Waals surface area contributed by atoms with Crippen molar-refractivity contribution < 1.29 is 14.7 Å². The Kier molecular flexibility index (Phi) is 36.4. The second kappa shape index (κ2) is 37.4. The number of rotatable bonds is 39. The Morgan fingerprint density at radius 1 is 0.333 bits per heavy atom. The number of carbonyl (C=O) groups excluding carboxylic acids is 2. The van der Waals surface area contributed by atoms with Crippen molar-refractivity contribution >= 4 is 11.8 Å². The van der Waals surface area contributed by atoms with Crippen molar-refractivity contribution in [2.75, 3.05) is 6.61 Å². The first-order valence-electron chi connectivity index (χ1n) is 20.2. The molecule has 0 aromatic rings. The maximum atomic E-state index is 10.7. The molecule has 0 bridgehead atoms. The summed E-state index contributed by atoms with van der Waals surface area (Å²) >= 11 is 0. The van der Waals surface area contributed by atoms with Crippen LogP contribution in [0.25, 0.3) is 0 Å². The summed E-state index contributed by atoms with van der Waals surface area (Å²) < 4.78 is 0. The maximum Gasteiger partial charge on any atom is 0.217 e. The Labute approximate surface area is 281 Å². The molecule has 1 atom stereocenters. The first-order chi connectivity index (χ1) is 22.1. The molecule has 0 heterocycles. The zero-order valence-electron chi connectivity index (χ0n) is 30.2. The predicted octanol–water partition coefficient (Wildman–Crippen LogP) is 11.6. The molecule has 0 saturated carbocycles. The van der Waals surface area contributed by atoms with Crippen molar-refractivity contribution in [3.05, 3.63) is 0 Å². The number of aliphatic hydroxyl groups is 1. The number of primary amides is 2. The van der Waals surface area contributed by atoms with Gasteiger partial charge in [-0.15, -0.1) is 0 Å². The van der Waals surface area contributed by atoms with E-state index in [4.69, 9.17) is 11.5 Å². The van der Waals surface area contributed by atoms with Crippen LogP contribution in [0.1, 0.15) is 231 Å². The van der Waals surface area contributed by atoms with Crippen molar-refractivity contribution in [3.8, 4) is 0 Å². The van der Waals surface area contributed by atoms with E-state index in [1.54, 1.807) is 0 Å². The SMILES string of the molecule is NC(=O)CCCCCCCCCCCCCCCCCCC(CCO)CCCCCCCCCCCCCCCCCC(N)=O. The Morgan fingerprint density at radius 3 is 0.733 bits per heavy atom. The van der Waals surface area contributed by atoms with Crippen LogP contribution < -0.4 is 11.5 Å². The number of hydrogen-bond acceptors (Lipinski definition) is 3. The zero-order valence-corrected chi connectivity index (χ0v) is 30.2. The first-order valence-corrected chi connectivity index (χ1v) is 20.2. The minimum Gasteiger partial charge on any atom is -0.396 e. The molecule has 2 amide bonds. The minimum absolute atomic E-state index is 0.159. The van der Waals surface area contributed by atoms with E-state index in [2.05, 4.69) is 0 Å². The van der Waals surface area contributed by atoms with Gasteiger partial charge in [-0.2, -0.15) is 0 Å². The molecule has 0 aromatic carbocycles. The van der Waals surface area contributed by atoms with E-state index in [0.717, 1.165) is 38.0 Å². The third kappa shape index (κ3) is 39.0. The van der Waals surface area contributed by atoms with Gasteiger partial charge in [0.15, 0.2) is 0 Å². The molecular formula is C40H80N2O3. The summed E-state index contributed by atoms with van der Waals surface area (Å²) in [4.78, 5) is 21.5. The molecule has 0 radical (unpaired) electrons. The van der Waals surface area contributed by atoms with E-state index in [1.807, 2.05) is 0 Å². The van der Waals surface area contributed by atoms with E-state index >= 15 is 0 Å². The third-order valence-electron chi connectivity index (χ3n) is 9.86. The summed E-state index contributed by atoms with van der Waals surface area (Å²) in [6.45, 7) is 0.361. The van der Waals surface area contributed by atoms with Gasteiger partial charge in [-0.05, 0) is 25.2 Å². The quantitative estimate of drug-likeness (QED) is 0.0584. The lowest BCUT2D eigenvalue weighted by Crippen LogP contribution is -2.09. The number of hydrogen-bond donors (Lipinski definition) is 3. The van der Waals surface area contributed by atoms with E-state index in [1.165, 1.54) is 186 Å². The maximum absolute atomic E-state index is 10.7. The average Bonchev–Trinajstić information content (AvgIpc) is 3.01. The van der Waals surface area contributed by atoms with Gasteiger partial charge in [0.05, 0.1) is 0 Å². The monoisotopic (exact) mass is 637 g/mol. The number of carbonyl (C=O) groups is 2. The van der Waals surface area contributed by atoms with Crippen molar-refractivity contribution in [3.63, 3.8) is 0 Å². The molecule has 1 unspecified atom stereocenters. The molecule has 0 aromatic heterocycles. The highest BCUT2D eigenvalue weighted by atomic mass is 16.3. The summed E-state index contributed by atoms with van der Waals surface area (Å²) in [5.74, 6) is 0.424. The summed E-state index contributed by atoms with van der Waals surface area (Å²) in [7, 11) is 0. The van der Waals surface area contributed by atoms with Gasteiger partial charge < -0.3 is 16.6 Å². The van der Waals surface area contributed by atoms with Gasteiger partial charge in [0.25, 0.3) is 0 Å². The fraction of sp³-hybridized carbons (Fsp3) is 0.950. The van der Waals surface area contributed by atoms with Crippen LogP contribution in [0.2, 0.25) is 0 Å². The lowest BCUT2D eigenvalue weighted by Gasteiger charge is -2.15. The first kappa shape index (κ1) is 43.9. The highest BCUT2D eigenvalue weighted by molar-refractivity contribution is 5.73. The summed E-state index contributed by atoms with van der Waals surface area (Å²) in [6.07, 6.45) is 46.1. The number of aliphatic hydroxyl groups excluding tert-OH is 1. The average molecular weight is 637 g/mol. The summed E-state index contributed by atoms with van der Waals surface area (Å²) in [5.41, 5.74) is 10.4. The van der Waals surface area contributed by atoms with E-state index < -0.39 is 0 Å². The van der Waals surface area contributed by atoms with Crippen LogP contribution in [0.5, 0.6) is 0 Å². The van der Waals surface area contributed by atoms with Gasteiger partial charge in [0.1, 0.15) is 0 Å². The van der Waals surface area contributed by atoms with Gasteiger partial charge in [-0.25, -0.2) is 0 Å². The van der Waals surface area contributed by atoms with Crippen LogP contribution >= 0.6 is 0 Å². The van der Waals surface area contributed by atoms with Crippen LogP contribution in [0.4, 0.5) is 0 Å². The largest absolute Gasteiger partial charge is 0.396 e. The smallest absolute Gasteiger partial charge is 0.217 e. The predicted molar refractivity (Wildman–Crippen MR) is 195 cm³/mol. The zero-order chi connectivity index (χ0) is 32.9.